The van der Waals surface area contributed by atoms with Crippen LogP contribution in [0.2, 0.25) is 0 Å². The number of morpholine rings is 1. The molecule has 2 aliphatic heterocycles. The fourth-order valence-corrected chi connectivity index (χ4v) is 15.7. The molecule has 29 heteroatoms. The summed E-state index contributed by atoms with van der Waals surface area (Å²) in [4.78, 5) is 71.2. The summed E-state index contributed by atoms with van der Waals surface area (Å²) in [6, 6.07) is 59.7. The van der Waals surface area contributed by atoms with E-state index in [1.165, 1.54) is 0 Å². The first-order valence-electron chi connectivity index (χ1n) is 40.2. The van der Waals surface area contributed by atoms with Crippen molar-refractivity contribution in [3.05, 3.63) is 287 Å². The van der Waals surface area contributed by atoms with E-state index in [-0.39, 0.29) is 6.23 Å². The van der Waals surface area contributed by atoms with Gasteiger partial charge in [-0.1, -0.05) is 24.3 Å². The molecule has 0 saturated carbocycles. The normalized spacial score (nSPS) is 13.4. The summed E-state index contributed by atoms with van der Waals surface area (Å²) in [5.74, 6) is 0.761. The minimum absolute atomic E-state index is 0.0441. The number of hydrogen-bond acceptors (Lipinski definition) is 23. The summed E-state index contributed by atoms with van der Waals surface area (Å²) in [7, 11) is 0. The quantitative estimate of drug-likeness (QED) is 0.0653. The molecule has 0 radical (unpaired) electrons. The fourth-order valence-electron chi connectivity index (χ4n) is 14.7. The highest BCUT2D eigenvalue weighted by atomic mass is 127. The number of rotatable bonds is 16. The lowest BCUT2D eigenvalue weighted by molar-refractivity contribution is -0.0393. The van der Waals surface area contributed by atoms with Crippen LogP contribution in [0, 0.1) is 31.4 Å². The van der Waals surface area contributed by atoms with Crippen LogP contribution in [-0.4, -0.2) is 166 Å². The summed E-state index contributed by atoms with van der Waals surface area (Å²) in [5, 5.41) is 31.1. The molecular weight excluding hydrogens is 1720 g/mol. The zero-order valence-electron chi connectivity index (χ0n) is 67.4. The number of nitrogens with one attached hydrogen (secondary N) is 4. The molecule has 4 N–H and O–H groups in total. The molecule has 123 heavy (non-hydrogen) atoms. The molecule has 19 aromatic rings. The second kappa shape index (κ2) is 36.9. The number of H-pyrrole nitrogens is 3. The van der Waals surface area contributed by atoms with Crippen molar-refractivity contribution < 1.29 is 9.47 Å². The first-order valence-corrected chi connectivity index (χ1v) is 42.1. The number of anilines is 1. The molecule has 27 nitrogen and oxygen atoms in total. The number of halogens is 2. The molecular formula is C94H79BrIN25O2. The van der Waals surface area contributed by atoms with Gasteiger partial charge in [0.2, 0.25) is 0 Å². The van der Waals surface area contributed by atoms with Gasteiger partial charge in [-0.2, -0.15) is 20.4 Å². The zero-order chi connectivity index (χ0) is 83.5. The number of fused-ring (bicyclic) bond motifs is 4. The number of ether oxygens (including phenoxy) is 2. The Balaban J connectivity index is 0.000000113. The maximum absolute atomic E-state index is 5.96. The average Bonchev–Trinajstić information content (AvgIpc) is 1.73. The number of aromatic amines is 3. The van der Waals surface area contributed by atoms with Gasteiger partial charge in [0.1, 0.15) is 21.3 Å². The molecule has 1 atom stereocenters. The predicted octanol–water partition coefficient (Wildman–Crippen LogP) is 19.0. The maximum atomic E-state index is 5.96. The number of aromatic nitrogens is 23. The SMILES string of the molecule is Cc1cccc(-c2[nH]nc(NCCN3CCOCC3)c2-c2ccc3ncc(-c4ccncc4)cc3n2)n1.Cc1cccc(-c2[nH]ncc2-c2ccc3ncc(-c4ccncc4)cc3n2)n1.Cc1cccc(-c2n[nH]c(I)c2-c2ccc3ncc(-c4ccncc4)cc3n2)n1.Cc1cccc(-c2nn(C3CCCCO3)cc2-c2ccc3ncc(Br)cc3n2)n1. The smallest absolute Gasteiger partial charge is 0.158 e. The van der Waals surface area contributed by atoms with Crippen LogP contribution >= 0.6 is 38.5 Å². The van der Waals surface area contributed by atoms with Gasteiger partial charge in [0.25, 0.3) is 0 Å². The topological polar surface area (TPSA) is 331 Å². The Morgan fingerprint density at radius 3 is 1.42 bits per heavy atom. The van der Waals surface area contributed by atoms with Crippen LogP contribution in [0.5, 0.6) is 0 Å². The van der Waals surface area contributed by atoms with E-state index in [1.807, 2.05) is 227 Å². The molecule has 1 unspecified atom stereocenters. The molecule has 606 valence electrons. The molecule has 2 saturated heterocycles. The lowest BCUT2D eigenvalue weighted by atomic mass is 10.1. The van der Waals surface area contributed by atoms with Gasteiger partial charge in [0, 0.05) is 156 Å². The predicted molar refractivity (Wildman–Crippen MR) is 489 cm³/mol. The van der Waals surface area contributed by atoms with Crippen LogP contribution in [0.4, 0.5) is 5.82 Å². The van der Waals surface area contributed by atoms with Crippen molar-refractivity contribution in [3.8, 4) is 124 Å². The van der Waals surface area contributed by atoms with E-state index in [9.17, 15) is 0 Å². The lowest BCUT2D eigenvalue weighted by Crippen LogP contribution is -2.39. The van der Waals surface area contributed by atoms with Crippen molar-refractivity contribution >= 4 is 88.5 Å². The van der Waals surface area contributed by atoms with E-state index in [1.54, 1.807) is 49.6 Å². The first kappa shape index (κ1) is 80.1. The van der Waals surface area contributed by atoms with E-state index >= 15 is 0 Å². The third-order valence-corrected chi connectivity index (χ3v) is 22.1. The Labute approximate surface area is 728 Å². The summed E-state index contributed by atoms with van der Waals surface area (Å²) < 4.78 is 15.2. The molecule has 0 spiro atoms. The van der Waals surface area contributed by atoms with Crippen molar-refractivity contribution in [1.29, 1.82) is 0 Å². The van der Waals surface area contributed by atoms with Crippen molar-refractivity contribution in [2.75, 3.05) is 51.3 Å². The van der Waals surface area contributed by atoms with Crippen LogP contribution in [0.1, 0.15) is 48.3 Å². The molecule has 21 heterocycles. The third kappa shape index (κ3) is 18.5. The number of nitrogens with zero attached hydrogens (tertiary/aromatic N) is 21. The first-order chi connectivity index (χ1) is 60.4. The zero-order valence-corrected chi connectivity index (χ0v) is 71.1. The van der Waals surface area contributed by atoms with Crippen LogP contribution in [0.25, 0.3) is 168 Å². The standard InChI is InChI=1S/C28H28N8O.C22H20BrN5O.C22H15IN6.C22H16N6/c1-19-3-2-4-24(32-19)27-26(28(35-34-27)30-11-12-36-13-15-37-16-14-36)23-6-5-22-25(33-23)17-21(18-31-22)20-7-9-29-10-8-20;1-14-5-4-6-19(25-14)22-16(13-28(27-22)21-7-2-3-10-29-21)17-8-9-18-20(26-17)11-15(23)12-24-18;1-13-3-2-4-18(26-13)21-20(22(23)29-28-21)17-6-5-16-19(27-17)11-15(12-25-16)14-7-9-24-10-8-14;1-14-3-2-4-20(26-14)22-17(13-25-28-22)18-5-6-19-21(27-18)11-16(12-24-19)15-7-9-23-10-8-15/h2-10,17-18H,11-16H2,1H3,(H2,30,34,35);4-6,8-9,11-13,21H,2-3,7,10H2,1H3;2-12H,1H3,(H,28,29);2-13H,1H3,(H,25,28). The van der Waals surface area contributed by atoms with Crippen molar-refractivity contribution in [2.24, 2.45) is 0 Å². The average molecular weight is 1800 g/mol. The van der Waals surface area contributed by atoms with Gasteiger partial charge in [-0.15, -0.1) is 0 Å². The van der Waals surface area contributed by atoms with Gasteiger partial charge in [0.05, 0.1) is 132 Å². The van der Waals surface area contributed by atoms with Crippen LogP contribution < -0.4 is 5.32 Å². The van der Waals surface area contributed by atoms with Gasteiger partial charge in [-0.25, -0.2) is 24.6 Å². The highest BCUT2D eigenvalue weighted by Gasteiger charge is 2.26. The minimum atomic E-state index is -0.0441. The monoisotopic (exact) mass is 1800 g/mol. The Morgan fingerprint density at radius 1 is 0.423 bits per heavy atom. The van der Waals surface area contributed by atoms with Crippen molar-refractivity contribution in [3.63, 3.8) is 0 Å². The second-order valence-corrected chi connectivity index (χ2v) is 31.4. The number of hydrogen-bond donors (Lipinski definition) is 4. The van der Waals surface area contributed by atoms with Gasteiger partial charge in [0.15, 0.2) is 5.82 Å². The molecule has 0 aromatic carbocycles. The highest BCUT2D eigenvalue weighted by molar-refractivity contribution is 14.1. The number of aryl methyl sites for hydroxylation is 4. The molecule has 19 aromatic heterocycles. The molecule has 21 rings (SSSR count). The maximum Gasteiger partial charge on any atom is 0.158 e. The Morgan fingerprint density at radius 2 is 0.894 bits per heavy atom. The number of pyridine rings is 15. The second-order valence-electron chi connectivity index (χ2n) is 29.4. The third-order valence-electron chi connectivity index (χ3n) is 20.9. The van der Waals surface area contributed by atoms with Gasteiger partial charge in [-0.3, -0.25) is 75.0 Å². The largest absolute Gasteiger partial charge is 0.379 e. The van der Waals surface area contributed by atoms with Crippen LogP contribution in [-0.2, 0) is 9.47 Å². The summed E-state index contributed by atoms with van der Waals surface area (Å²) in [6.07, 6.45) is 25.0. The Kier molecular flexibility index (Phi) is 24.1. The van der Waals surface area contributed by atoms with E-state index in [4.69, 9.17) is 44.5 Å². The van der Waals surface area contributed by atoms with Gasteiger partial charge in [-0.05, 0) is 260 Å². The van der Waals surface area contributed by atoms with Crippen molar-refractivity contribution in [2.45, 2.75) is 53.2 Å². The van der Waals surface area contributed by atoms with Crippen LogP contribution in [0.15, 0.2) is 261 Å². The van der Waals surface area contributed by atoms with E-state index in [0.717, 1.165) is 270 Å². The molecule has 0 amide bonds. The molecule has 2 aliphatic rings. The summed E-state index contributed by atoms with van der Waals surface area (Å²) in [6.45, 7) is 13.8. The summed E-state index contributed by atoms with van der Waals surface area (Å²) >= 11 is 5.73. The van der Waals surface area contributed by atoms with Crippen molar-refractivity contribution in [1.82, 2.24) is 120 Å². The Hall–Kier alpha value is -14.0. The minimum Gasteiger partial charge on any atom is -0.379 e. The van der Waals surface area contributed by atoms with Crippen LogP contribution in [0.3, 0.4) is 0 Å². The highest BCUT2D eigenvalue weighted by Crippen LogP contribution is 2.40. The molecule has 0 bridgehead atoms. The van der Waals surface area contributed by atoms with Gasteiger partial charge < -0.3 is 14.8 Å². The fraction of sp³-hybridized carbons (Fsp3) is 0.160. The Bertz CT molecular complexity index is 6960. The van der Waals surface area contributed by atoms with Gasteiger partial charge >= 0.3 is 0 Å². The summed E-state index contributed by atoms with van der Waals surface area (Å²) in [5.41, 5.74) is 30.3. The van der Waals surface area contributed by atoms with E-state index in [0.29, 0.717) is 0 Å². The molecule has 2 fully saturated rings. The lowest BCUT2D eigenvalue weighted by Gasteiger charge is -2.26. The molecule has 0 aliphatic carbocycles. The van der Waals surface area contributed by atoms with E-state index < -0.39 is 0 Å². The van der Waals surface area contributed by atoms with E-state index in [2.05, 4.69) is 136 Å².